The van der Waals surface area contributed by atoms with E-state index < -0.39 is 0 Å². The second kappa shape index (κ2) is 1.82. The Hall–Kier alpha value is -1.05. The quantitative estimate of drug-likeness (QED) is 0.484. The van der Waals surface area contributed by atoms with E-state index in [2.05, 4.69) is 4.98 Å². The van der Waals surface area contributed by atoms with Crippen LogP contribution in [-0.2, 0) is 0 Å². The summed E-state index contributed by atoms with van der Waals surface area (Å²) in [5.41, 5.74) is 1.02. The van der Waals surface area contributed by atoms with Crippen molar-refractivity contribution in [3.05, 3.63) is 23.9 Å². The molecule has 8 heavy (non-hydrogen) atoms. The fraction of sp³-hybridized carbons (Fsp3) is 0.167. The molecule has 42 valence electrons. The summed E-state index contributed by atoms with van der Waals surface area (Å²) < 4.78 is 0. The number of rotatable bonds is 0. The van der Waals surface area contributed by atoms with E-state index in [1.807, 2.05) is 6.92 Å². The summed E-state index contributed by atoms with van der Waals surface area (Å²) in [5.74, 6) is -0.171. The molecule has 1 aromatic heterocycles. The van der Waals surface area contributed by atoms with E-state index in [1.54, 1.807) is 12.3 Å². The minimum atomic E-state index is -0.171. The van der Waals surface area contributed by atoms with Gasteiger partial charge in [0, 0.05) is 6.20 Å². The van der Waals surface area contributed by atoms with Crippen molar-refractivity contribution in [2.24, 2.45) is 0 Å². The van der Waals surface area contributed by atoms with Gasteiger partial charge < -0.3 is 5.11 Å². The van der Waals surface area contributed by atoms with Gasteiger partial charge in [0.2, 0.25) is 0 Å². The summed E-state index contributed by atoms with van der Waals surface area (Å²) in [6.45, 7) is 1.90. The molecule has 0 atom stereocenters. The number of nitrogens with zero attached hydrogens (tertiary/aromatic N) is 1. The maximum absolute atomic E-state index is 10.3. The second-order valence-electron chi connectivity index (χ2n) is 1.67. The van der Waals surface area contributed by atoms with Gasteiger partial charge in [-0.15, -0.1) is 0 Å². The summed E-state index contributed by atoms with van der Waals surface area (Å²) >= 11 is 0. The molecule has 0 unspecified atom stereocenters. The second-order valence-corrected chi connectivity index (χ2v) is 1.67. The summed E-state index contributed by atoms with van der Waals surface area (Å²) in [6.07, 6.45) is 1.56. The van der Waals surface area contributed by atoms with Crippen LogP contribution in [-0.4, -0.2) is 4.98 Å². The molecule has 0 amide bonds. The SMILES string of the molecule is Cc1ccc([O-])nc1. The monoisotopic (exact) mass is 108 g/mol. The molecule has 0 saturated carbocycles. The van der Waals surface area contributed by atoms with Crippen LogP contribution in [0.15, 0.2) is 18.3 Å². The molecule has 0 bridgehead atoms. The first-order chi connectivity index (χ1) is 3.79. The van der Waals surface area contributed by atoms with E-state index in [0.717, 1.165) is 5.56 Å². The van der Waals surface area contributed by atoms with Gasteiger partial charge >= 0.3 is 0 Å². The van der Waals surface area contributed by atoms with Gasteiger partial charge in [-0.05, 0) is 18.4 Å². The van der Waals surface area contributed by atoms with Crippen LogP contribution in [0.3, 0.4) is 0 Å². The Bertz CT molecular complexity index is 147. The number of aryl methyl sites for hydroxylation is 1. The molecule has 0 aliphatic carbocycles. The Morgan fingerprint density at radius 1 is 1.50 bits per heavy atom. The van der Waals surface area contributed by atoms with Gasteiger partial charge in [0.1, 0.15) is 0 Å². The van der Waals surface area contributed by atoms with E-state index >= 15 is 0 Å². The Labute approximate surface area is 47.8 Å². The lowest BCUT2D eigenvalue weighted by atomic mass is 10.3. The van der Waals surface area contributed by atoms with Gasteiger partial charge in [-0.25, -0.2) is 0 Å². The Morgan fingerprint density at radius 3 is 2.62 bits per heavy atom. The van der Waals surface area contributed by atoms with E-state index in [9.17, 15) is 5.11 Å². The highest BCUT2D eigenvalue weighted by molar-refractivity contribution is 5.13. The highest BCUT2D eigenvalue weighted by Crippen LogP contribution is 1.98. The van der Waals surface area contributed by atoms with Crippen LogP contribution < -0.4 is 5.11 Å². The average molecular weight is 108 g/mol. The summed E-state index contributed by atoms with van der Waals surface area (Å²) in [4.78, 5) is 3.52. The molecule has 0 saturated heterocycles. The minimum Gasteiger partial charge on any atom is -0.859 e. The number of hydrogen-bond donors (Lipinski definition) is 0. The van der Waals surface area contributed by atoms with Crippen LogP contribution >= 0.6 is 0 Å². The predicted molar refractivity (Wildman–Crippen MR) is 28.4 cm³/mol. The van der Waals surface area contributed by atoms with Crippen LogP contribution in [0.4, 0.5) is 0 Å². The molecule has 0 radical (unpaired) electrons. The van der Waals surface area contributed by atoms with Crippen molar-refractivity contribution in [2.75, 3.05) is 0 Å². The zero-order chi connectivity index (χ0) is 5.98. The van der Waals surface area contributed by atoms with Gasteiger partial charge in [-0.3, -0.25) is 4.98 Å². The molecule has 0 fully saturated rings. The minimum absolute atomic E-state index is 0.171. The lowest BCUT2D eigenvalue weighted by Gasteiger charge is -2.00. The van der Waals surface area contributed by atoms with Gasteiger partial charge in [-0.2, -0.15) is 0 Å². The Balaban J connectivity index is 3.03. The largest absolute Gasteiger partial charge is 0.859 e. The molecular weight excluding hydrogens is 102 g/mol. The lowest BCUT2D eigenvalue weighted by Crippen LogP contribution is -1.91. The third-order valence-electron chi connectivity index (χ3n) is 0.884. The fourth-order valence-corrected chi connectivity index (χ4v) is 0.454. The van der Waals surface area contributed by atoms with Gasteiger partial charge in [0.05, 0.1) is 0 Å². The molecular formula is C6H6NO-. The highest BCUT2D eigenvalue weighted by Gasteiger charge is 1.76. The van der Waals surface area contributed by atoms with Crippen molar-refractivity contribution >= 4 is 0 Å². The molecule has 2 heteroatoms. The van der Waals surface area contributed by atoms with Crippen molar-refractivity contribution in [3.8, 4) is 5.88 Å². The Kier molecular flexibility index (Phi) is 1.16. The van der Waals surface area contributed by atoms with Crippen LogP contribution in [0, 0.1) is 6.92 Å². The maximum atomic E-state index is 10.3. The first kappa shape index (κ1) is 5.09. The average Bonchev–Trinajstić information content (AvgIpc) is 1.77. The lowest BCUT2D eigenvalue weighted by molar-refractivity contribution is -0.275. The summed E-state index contributed by atoms with van der Waals surface area (Å²) in [6, 6.07) is 3.20. The summed E-state index contributed by atoms with van der Waals surface area (Å²) in [7, 11) is 0. The zero-order valence-electron chi connectivity index (χ0n) is 4.59. The highest BCUT2D eigenvalue weighted by atomic mass is 16.3. The van der Waals surface area contributed by atoms with Crippen LogP contribution in [0.2, 0.25) is 0 Å². The van der Waals surface area contributed by atoms with Crippen LogP contribution in [0.5, 0.6) is 5.88 Å². The van der Waals surface area contributed by atoms with E-state index in [-0.39, 0.29) is 5.88 Å². The normalized spacial score (nSPS) is 9.12. The van der Waals surface area contributed by atoms with Crippen molar-refractivity contribution < 1.29 is 5.11 Å². The molecule has 0 aliphatic rings. The number of hydrogen-bond acceptors (Lipinski definition) is 2. The molecule has 0 aromatic carbocycles. The fourth-order valence-electron chi connectivity index (χ4n) is 0.454. The van der Waals surface area contributed by atoms with Crippen LogP contribution in [0.25, 0.3) is 0 Å². The maximum Gasteiger partial charge on any atom is 0.0289 e. The van der Waals surface area contributed by atoms with Crippen molar-refractivity contribution in [1.82, 2.24) is 4.98 Å². The van der Waals surface area contributed by atoms with Crippen molar-refractivity contribution in [1.29, 1.82) is 0 Å². The standard InChI is InChI=1S/C6H7NO/c1-5-2-3-6(8)7-4-5/h2-4H,1H3,(H,7,8)/p-1. The summed E-state index contributed by atoms with van der Waals surface area (Å²) in [5, 5.41) is 10.3. The topological polar surface area (TPSA) is 36.0 Å². The van der Waals surface area contributed by atoms with E-state index in [1.165, 1.54) is 6.07 Å². The first-order valence-corrected chi connectivity index (χ1v) is 2.39. The van der Waals surface area contributed by atoms with Crippen LogP contribution in [0.1, 0.15) is 5.56 Å². The third-order valence-corrected chi connectivity index (χ3v) is 0.884. The smallest absolute Gasteiger partial charge is 0.0289 e. The number of pyridine rings is 1. The Morgan fingerprint density at radius 2 is 2.25 bits per heavy atom. The van der Waals surface area contributed by atoms with Gasteiger partial charge in [0.25, 0.3) is 0 Å². The molecule has 1 heterocycles. The molecule has 1 rings (SSSR count). The van der Waals surface area contributed by atoms with Crippen molar-refractivity contribution in [3.63, 3.8) is 0 Å². The molecule has 2 nitrogen and oxygen atoms in total. The van der Waals surface area contributed by atoms with Gasteiger partial charge in [0.15, 0.2) is 0 Å². The first-order valence-electron chi connectivity index (χ1n) is 2.39. The molecule has 1 aromatic rings. The predicted octanol–water partition coefficient (Wildman–Crippen LogP) is 0.464. The van der Waals surface area contributed by atoms with E-state index in [0.29, 0.717) is 0 Å². The van der Waals surface area contributed by atoms with E-state index in [4.69, 9.17) is 0 Å². The van der Waals surface area contributed by atoms with Crippen molar-refractivity contribution in [2.45, 2.75) is 6.92 Å². The number of aromatic nitrogens is 1. The van der Waals surface area contributed by atoms with Gasteiger partial charge in [-0.1, -0.05) is 12.1 Å². The molecule has 0 N–H and O–H groups in total. The third kappa shape index (κ3) is 0.964. The zero-order valence-corrected chi connectivity index (χ0v) is 4.59. The molecule has 0 aliphatic heterocycles. The molecule has 0 spiro atoms.